The van der Waals surface area contributed by atoms with Gasteiger partial charge >= 0.3 is 0 Å². The Morgan fingerprint density at radius 1 is 1.17 bits per heavy atom. The summed E-state index contributed by atoms with van der Waals surface area (Å²) in [6.07, 6.45) is 1.93. The minimum absolute atomic E-state index is 0.167. The Kier molecular flexibility index (Phi) is 4.42. The molecular weight excluding hydrogens is 286 g/mol. The Balaban J connectivity index is 2.13. The maximum Gasteiger partial charge on any atom is 0.119 e. The average Bonchev–Trinajstić information content (AvgIpc) is 2.57. The first-order chi connectivity index (χ1) is 11.1. The van der Waals surface area contributed by atoms with Gasteiger partial charge < -0.3 is 14.7 Å². The zero-order valence-electron chi connectivity index (χ0n) is 14.1. The molecule has 3 nitrogen and oxygen atoms in total. The number of ether oxygens (including phenoxy) is 1. The van der Waals surface area contributed by atoms with E-state index in [1.165, 1.54) is 5.56 Å². The number of aryl methyl sites for hydroxylation is 1. The van der Waals surface area contributed by atoms with Gasteiger partial charge in [0.05, 0.1) is 7.11 Å². The highest BCUT2D eigenvalue weighted by atomic mass is 16.5. The van der Waals surface area contributed by atoms with Crippen molar-refractivity contribution in [2.24, 2.45) is 5.92 Å². The summed E-state index contributed by atoms with van der Waals surface area (Å²) in [5.41, 5.74) is 2.22. The Morgan fingerprint density at radius 3 is 2.57 bits per heavy atom. The molecule has 2 aromatic rings. The lowest BCUT2D eigenvalue weighted by atomic mass is 9.68. The molecule has 0 heterocycles. The van der Waals surface area contributed by atoms with Crippen molar-refractivity contribution < 1.29 is 9.84 Å². The maximum atomic E-state index is 11.8. The van der Waals surface area contributed by atoms with Crippen LogP contribution in [-0.2, 0) is 12.0 Å². The molecule has 1 aliphatic carbocycles. The second-order valence-electron chi connectivity index (χ2n) is 6.65. The molecule has 0 spiro atoms. The summed E-state index contributed by atoms with van der Waals surface area (Å²) in [7, 11) is 5.81. The van der Waals surface area contributed by atoms with Gasteiger partial charge in [-0.3, -0.25) is 0 Å². The average molecular weight is 311 g/mol. The smallest absolute Gasteiger partial charge is 0.119 e. The molecule has 0 bridgehead atoms. The summed E-state index contributed by atoms with van der Waals surface area (Å²) in [6.45, 7) is 0.858. The summed E-state index contributed by atoms with van der Waals surface area (Å²) >= 11 is 0. The molecule has 0 amide bonds. The number of hydrogen-bond donors (Lipinski definition) is 1. The van der Waals surface area contributed by atoms with Crippen molar-refractivity contribution in [2.45, 2.75) is 18.4 Å². The van der Waals surface area contributed by atoms with Crippen LogP contribution < -0.4 is 4.74 Å². The lowest BCUT2D eigenvalue weighted by Crippen LogP contribution is -2.45. The second-order valence-corrected chi connectivity index (χ2v) is 6.65. The Labute approximate surface area is 138 Å². The van der Waals surface area contributed by atoms with Crippen molar-refractivity contribution >= 4 is 0 Å². The van der Waals surface area contributed by atoms with E-state index in [0.717, 1.165) is 36.3 Å². The third-order valence-corrected chi connectivity index (χ3v) is 4.88. The minimum Gasteiger partial charge on any atom is -0.497 e. The monoisotopic (exact) mass is 311 g/mol. The number of rotatable bonds is 4. The van der Waals surface area contributed by atoms with E-state index in [4.69, 9.17) is 4.74 Å². The van der Waals surface area contributed by atoms with E-state index in [-0.39, 0.29) is 5.92 Å². The van der Waals surface area contributed by atoms with Crippen LogP contribution in [-0.4, -0.2) is 37.8 Å². The molecule has 0 saturated heterocycles. The summed E-state index contributed by atoms with van der Waals surface area (Å²) in [5.74, 6) is 1.02. The molecular formula is C20H25NO2. The van der Waals surface area contributed by atoms with Gasteiger partial charge in [0.1, 0.15) is 11.4 Å². The summed E-state index contributed by atoms with van der Waals surface area (Å²) in [6, 6.07) is 16.1. The summed E-state index contributed by atoms with van der Waals surface area (Å²) < 4.78 is 5.36. The molecule has 2 aromatic carbocycles. The molecule has 3 rings (SSSR count). The predicted octanol–water partition coefficient (Wildman–Crippen LogP) is 3.06. The highest BCUT2D eigenvalue weighted by Crippen LogP contribution is 2.45. The van der Waals surface area contributed by atoms with E-state index in [9.17, 15) is 5.11 Å². The van der Waals surface area contributed by atoms with E-state index in [0.29, 0.717) is 0 Å². The van der Waals surface area contributed by atoms with Crippen LogP contribution in [0.3, 0.4) is 0 Å². The lowest BCUT2D eigenvalue weighted by Gasteiger charge is -2.43. The van der Waals surface area contributed by atoms with Crippen LogP contribution in [0, 0.1) is 5.92 Å². The first-order valence-corrected chi connectivity index (χ1v) is 8.15. The molecule has 2 atom stereocenters. The zero-order valence-corrected chi connectivity index (χ0v) is 14.1. The van der Waals surface area contributed by atoms with Crippen molar-refractivity contribution in [1.29, 1.82) is 0 Å². The first-order valence-electron chi connectivity index (χ1n) is 8.15. The third kappa shape index (κ3) is 2.87. The molecule has 122 valence electrons. The van der Waals surface area contributed by atoms with Crippen molar-refractivity contribution in [3.63, 3.8) is 0 Å². The van der Waals surface area contributed by atoms with Gasteiger partial charge in [0.15, 0.2) is 0 Å². The molecule has 0 saturated carbocycles. The minimum atomic E-state index is -0.953. The maximum absolute atomic E-state index is 11.8. The molecule has 3 heteroatoms. The Morgan fingerprint density at radius 2 is 1.91 bits per heavy atom. The largest absolute Gasteiger partial charge is 0.497 e. The van der Waals surface area contributed by atoms with Crippen molar-refractivity contribution in [3.8, 4) is 5.75 Å². The fourth-order valence-corrected chi connectivity index (χ4v) is 3.78. The highest BCUT2D eigenvalue weighted by molar-refractivity contribution is 5.47. The fraction of sp³-hybridized carbons (Fsp3) is 0.400. The van der Waals surface area contributed by atoms with Gasteiger partial charge in [0, 0.05) is 12.5 Å². The van der Waals surface area contributed by atoms with Gasteiger partial charge in [-0.2, -0.15) is 0 Å². The molecule has 0 fully saturated rings. The van der Waals surface area contributed by atoms with E-state index >= 15 is 0 Å². The molecule has 1 aliphatic rings. The number of methoxy groups -OCH3 is 1. The van der Waals surface area contributed by atoms with Crippen LogP contribution in [0.25, 0.3) is 0 Å². The van der Waals surface area contributed by atoms with Gasteiger partial charge in [0.25, 0.3) is 0 Å². The number of benzene rings is 2. The molecule has 0 radical (unpaired) electrons. The lowest BCUT2D eigenvalue weighted by molar-refractivity contribution is -0.00642. The van der Waals surface area contributed by atoms with Crippen molar-refractivity contribution in [2.75, 3.05) is 27.7 Å². The van der Waals surface area contributed by atoms with E-state index < -0.39 is 5.60 Å². The van der Waals surface area contributed by atoms with Crippen LogP contribution in [0.2, 0.25) is 0 Å². The summed E-state index contributed by atoms with van der Waals surface area (Å²) in [5, 5.41) is 11.8. The SMILES string of the molecule is COc1ccc2c(c1)CCC(CN(C)C)C2(O)c1ccccc1. The van der Waals surface area contributed by atoms with Crippen LogP contribution in [0.1, 0.15) is 23.1 Å². The van der Waals surface area contributed by atoms with Gasteiger partial charge in [-0.1, -0.05) is 36.4 Å². The molecule has 23 heavy (non-hydrogen) atoms. The normalized spacial score (nSPS) is 23.6. The van der Waals surface area contributed by atoms with Gasteiger partial charge in [-0.05, 0) is 55.8 Å². The van der Waals surface area contributed by atoms with Gasteiger partial charge in [-0.25, -0.2) is 0 Å². The van der Waals surface area contributed by atoms with Crippen LogP contribution in [0.5, 0.6) is 5.75 Å². The molecule has 2 unspecified atom stereocenters. The number of fused-ring (bicyclic) bond motifs is 1. The number of nitrogens with zero attached hydrogens (tertiary/aromatic N) is 1. The van der Waals surface area contributed by atoms with Gasteiger partial charge in [-0.15, -0.1) is 0 Å². The van der Waals surface area contributed by atoms with Crippen LogP contribution in [0.4, 0.5) is 0 Å². The molecule has 0 aromatic heterocycles. The second kappa shape index (κ2) is 6.34. The summed E-state index contributed by atoms with van der Waals surface area (Å²) in [4.78, 5) is 2.16. The highest BCUT2D eigenvalue weighted by Gasteiger charge is 2.44. The van der Waals surface area contributed by atoms with Crippen LogP contribution in [0.15, 0.2) is 48.5 Å². The number of aliphatic hydroxyl groups is 1. The molecule has 1 N–H and O–H groups in total. The van der Waals surface area contributed by atoms with E-state index in [2.05, 4.69) is 25.1 Å². The van der Waals surface area contributed by atoms with E-state index in [1.807, 2.05) is 42.5 Å². The molecule has 0 aliphatic heterocycles. The quantitative estimate of drug-likeness (QED) is 0.942. The standard InChI is InChI=1S/C20H25NO2/c1-21(2)14-17-10-9-15-13-18(23-3)11-12-19(15)20(17,22)16-7-5-4-6-8-16/h4-8,11-13,17,22H,9-10,14H2,1-3H3. The third-order valence-electron chi connectivity index (χ3n) is 4.88. The predicted molar refractivity (Wildman–Crippen MR) is 92.8 cm³/mol. The van der Waals surface area contributed by atoms with E-state index in [1.54, 1.807) is 7.11 Å². The van der Waals surface area contributed by atoms with Crippen molar-refractivity contribution in [3.05, 3.63) is 65.2 Å². The topological polar surface area (TPSA) is 32.7 Å². The fourth-order valence-electron chi connectivity index (χ4n) is 3.78. The Bertz CT molecular complexity index is 669. The zero-order chi connectivity index (χ0) is 16.4. The number of hydrogen-bond acceptors (Lipinski definition) is 3. The van der Waals surface area contributed by atoms with Crippen molar-refractivity contribution in [1.82, 2.24) is 4.90 Å². The first kappa shape index (κ1) is 16.0. The van der Waals surface area contributed by atoms with Gasteiger partial charge in [0.2, 0.25) is 0 Å². The Hall–Kier alpha value is -1.84. The van der Waals surface area contributed by atoms with Crippen LogP contribution >= 0.6 is 0 Å².